The molecule has 0 nitrogen and oxygen atoms in total. The Morgan fingerprint density at radius 2 is 1.57 bits per heavy atom. The van der Waals surface area contributed by atoms with E-state index in [4.69, 9.17) is 12.2 Å². The first-order valence-electron chi connectivity index (χ1n) is 7.53. The predicted octanol–water partition coefficient (Wildman–Crippen LogP) is 7.78. The van der Waals surface area contributed by atoms with E-state index in [-0.39, 0.29) is 0 Å². The Kier molecular flexibility index (Phi) is 18.3. The molecule has 0 radical (unpaired) electrons. The van der Waals surface area contributed by atoms with E-state index in [1.165, 1.54) is 89.0 Å². The standard InChI is InChI=1S/C13H24S2.CH2S5/c1-2-3-4-5-6-7-8-9-10-11-12-13(14)15-12;2-1(3)5-6-4/h12H,2-11H2,1H3;4H,(H,2,3). The van der Waals surface area contributed by atoms with Crippen molar-refractivity contribution in [3.8, 4) is 0 Å². The van der Waals surface area contributed by atoms with Gasteiger partial charge in [-0.2, -0.15) is 0 Å². The summed E-state index contributed by atoms with van der Waals surface area (Å²) < 4.78 is 1.88. The van der Waals surface area contributed by atoms with Gasteiger partial charge in [0.2, 0.25) is 0 Å². The summed E-state index contributed by atoms with van der Waals surface area (Å²) in [4.78, 5) is 0. The van der Waals surface area contributed by atoms with Crippen LogP contribution in [0.4, 0.5) is 0 Å². The first kappa shape index (κ1) is 22.9. The third-order valence-electron chi connectivity index (χ3n) is 3.14. The van der Waals surface area contributed by atoms with E-state index in [9.17, 15) is 0 Å². The van der Waals surface area contributed by atoms with Gasteiger partial charge in [-0.05, 0) is 27.0 Å². The zero-order valence-electron chi connectivity index (χ0n) is 12.6. The third-order valence-corrected chi connectivity index (χ3v) is 7.71. The fraction of sp³-hybridized carbons (Fsp3) is 0.857. The minimum absolute atomic E-state index is 0.620. The van der Waals surface area contributed by atoms with Crippen molar-refractivity contribution < 1.29 is 0 Å². The van der Waals surface area contributed by atoms with Crippen molar-refractivity contribution in [2.24, 2.45) is 0 Å². The zero-order valence-corrected chi connectivity index (χ0v) is 18.5. The van der Waals surface area contributed by atoms with Crippen LogP contribution in [0.1, 0.15) is 71.1 Å². The lowest BCUT2D eigenvalue weighted by molar-refractivity contribution is 0.561. The molecule has 0 N–H and O–H groups in total. The molecule has 1 aliphatic rings. The molecule has 1 heterocycles. The highest BCUT2D eigenvalue weighted by molar-refractivity contribution is 9.10. The van der Waals surface area contributed by atoms with Crippen LogP contribution in [-0.2, 0) is 0 Å². The summed E-state index contributed by atoms with van der Waals surface area (Å²) in [6.45, 7) is 2.28. The Hall–Kier alpha value is 1.93. The fourth-order valence-corrected chi connectivity index (χ4v) is 5.59. The summed E-state index contributed by atoms with van der Waals surface area (Å²) in [7, 11) is 2.67. The van der Waals surface area contributed by atoms with Gasteiger partial charge in [0, 0.05) is 0 Å². The number of hydrogen-bond acceptors (Lipinski definition) is 6. The summed E-state index contributed by atoms with van der Waals surface area (Å²) in [5.74, 6) is 0. The molecule has 124 valence electrons. The van der Waals surface area contributed by atoms with Gasteiger partial charge in [-0.25, -0.2) is 0 Å². The number of thiocarbonyl (C=S) groups is 2. The van der Waals surface area contributed by atoms with E-state index in [1.54, 1.807) is 0 Å². The molecule has 0 amide bonds. The average molecular weight is 419 g/mol. The van der Waals surface area contributed by atoms with E-state index >= 15 is 0 Å². The molecule has 0 bridgehead atoms. The lowest BCUT2D eigenvalue weighted by Crippen LogP contribution is -1.86. The van der Waals surface area contributed by atoms with E-state index in [0.717, 1.165) is 5.25 Å². The quantitative estimate of drug-likeness (QED) is 0.115. The molecule has 0 saturated carbocycles. The van der Waals surface area contributed by atoms with Gasteiger partial charge in [0.1, 0.15) is 3.53 Å². The van der Waals surface area contributed by atoms with Gasteiger partial charge < -0.3 is 0 Å². The van der Waals surface area contributed by atoms with Crippen molar-refractivity contribution in [1.82, 2.24) is 0 Å². The van der Waals surface area contributed by atoms with Gasteiger partial charge in [-0.1, -0.05) is 101 Å². The Bertz CT molecular complexity index is 280. The Labute approximate surface area is 164 Å². The third kappa shape index (κ3) is 18.1. The van der Waals surface area contributed by atoms with Crippen molar-refractivity contribution in [3.63, 3.8) is 0 Å². The van der Waals surface area contributed by atoms with Gasteiger partial charge in [0.05, 0.1) is 9.45 Å². The highest BCUT2D eigenvalue weighted by Crippen LogP contribution is 2.38. The van der Waals surface area contributed by atoms with Crippen LogP contribution >= 0.6 is 81.1 Å². The second-order valence-electron chi connectivity index (χ2n) is 4.97. The summed E-state index contributed by atoms with van der Waals surface area (Å²) in [6, 6.07) is 0. The molecular formula is C14H26S7. The van der Waals surface area contributed by atoms with Gasteiger partial charge in [-0.15, -0.1) is 24.4 Å². The van der Waals surface area contributed by atoms with Crippen LogP contribution in [0.2, 0.25) is 0 Å². The second-order valence-corrected chi connectivity index (χ2v) is 11.6. The molecule has 1 unspecified atom stereocenters. The zero-order chi connectivity index (χ0) is 15.9. The van der Waals surface area contributed by atoms with Crippen molar-refractivity contribution in [2.75, 3.05) is 0 Å². The maximum absolute atomic E-state index is 5.09. The Morgan fingerprint density at radius 3 is 1.90 bits per heavy atom. The van der Waals surface area contributed by atoms with Crippen LogP contribution in [0.5, 0.6) is 0 Å². The molecule has 0 aromatic rings. The highest BCUT2D eigenvalue weighted by Gasteiger charge is 2.29. The van der Waals surface area contributed by atoms with Crippen LogP contribution < -0.4 is 0 Å². The summed E-state index contributed by atoms with van der Waals surface area (Å²) in [6.07, 6.45) is 14.2. The van der Waals surface area contributed by atoms with Crippen molar-refractivity contribution >= 4 is 88.8 Å². The Balaban J connectivity index is 0.000000567. The molecule has 1 saturated heterocycles. The number of thiol groups is 2. The largest absolute Gasteiger partial charge is 0.124 e. The number of thioether (sulfide) groups is 1. The lowest BCUT2D eigenvalue weighted by atomic mass is 10.1. The SMILES string of the molecule is CCCCCCCCCCCC1SC1=S.S=C(S)SSS. The summed E-state index contributed by atoms with van der Waals surface area (Å²) in [5.41, 5.74) is 0. The molecule has 0 aliphatic carbocycles. The molecule has 1 fully saturated rings. The summed E-state index contributed by atoms with van der Waals surface area (Å²) >= 11 is 19.2. The summed E-state index contributed by atoms with van der Waals surface area (Å²) in [5, 5.41) is 0.768. The van der Waals surface area contributed by atoms with E-state index < -0.39 is 0 Å². The van der Waals surface area contributed by atoms with Gasteiger partial charge >= 0.3 is 0 Å². The monoisotopic (exact) mass is 418 g/mol. The topological polar surface area (TPSA) is 0 Å². The molecule has 1 atom stereocenters. The van der Waals surface area contributed by atoms with Crippen LogP contribution in [-0.4, -0.2) is 13.0 Å². The van der Waals surface area contributed by atoms with Crippen molar-refractivity contribution in [2.45, 2.75) is 76.4 Å². The highest BCUT2D eigenvalue weighted by atomic mass is 33.5. The average Bonchev–Trinajstić information content (AvgIpc) is 3.13. The van der Waals surface area contributed by atoms with Crippen molar-refractivity contribution in [3.05, 3.63) is 0 Å². The minimum atomic E-state index is 0.620. The smallest absolute Gasteiger partial charge is 0.112 e. The predicted molar refractivity (Wildman–Crippen MR) is 122 cm³/mol. The lowest BCUT2D eigenvalue weighted by Gasteiger charge is -2.00. The number of rotatable bonds is 11. The van der Waals surface area contributed by atoms with E-state index in [1.807, 2.05) is 11.8 Å². The molecular weight excluding hydrogens is 393 g/mol. The van der Waals surface area contributed by atoms with Crippen molar-refractivity contribution in [1.29, 1.82) is 0 Å². The molecule has 0 aromatic carbocycles. The number of hydrogen-bond donors (Lipinski definition) is 2. The van der Waals surface area contributed by atoms with Crippen LogP contribution in [0, 0.1) is 0 Å². The normalized spacial score (nSPS) is 16.3. The maximum atomic E-state index is 5.09. The fourth-order valence-electron chi connectivity index (χ4n) is 1.96. The second kappa shape index (κ2) is 16.8. The number of unbranched alkanes of at least 4 members (excludes halogenated alkanes) is 8. The molecule has 1 rings (SSSR count). The maximum Gasteiger partial charge on any atom is 0.112 e. The Morgan fingerprint density at radius 1 is 1.10 bits per heavy atom. The molecule has 7 heteroatoms. The molecule has 0 aromatic heterocycles. The van der Waals surface area contributed by atoms with Gasteiger partial charge in [0.25, 0.3) is 0 Å². The van der Waals surface area contributed by atoms with Gasteiger partial charge in [-0.3, -0.25) is 0 Å². The molecule has 0 spiro atoms. The van der Waals surface area contributed by atoms with Gasteiger partial charge in [0.15, 0.2) is 0 Å². The minimum Gasteiger partial charge on any atom is -0.124 e. The molecule has 21 heavy (non-hydrogen) atoms. The van der Waals surface area contributed by atoms with E-state index in [0.29, 0.717) is 3.53 Å². The van der Waals surface area contributed by atoms with E-state index in [2.05, 4.69) is 43.4 Å². The van der Waals surface area contributed by atoms with Crippen LogP contribution in [0.15, 0.2) is 0 Å². The first-order valence-corrected chi connectivity index (χ1v) is 12.9. The molecule has 1 aliphatic heterocycles. The van der Waals surface area contributed by atoms with Crippen LogP contribution in [0.25, 0.3) is 0 Å². The first-order chi connectivity index (χ1) is 10.1. The van der Waals surface area contributed by atoms with Crippen LogP contribution in [0.3, 0.4) is 0 Å².